The average Bonchev–Trinajstić information content (AvgIpc) is 2.80. The van der Waals surface area contributed by atoms with Crippen LogP contribution in [0.1, 0.15) is 23.8 Å². The van der Waals surface area contributed by atoms with E-state index < -0.39 is 0 Å². The standard InChI is InChI=1S/C15H19N3OS.ClH/c1-3-4-11-5-7-12(8-6-11)14-10(2)20-15(18-14)17-13(19)9-16;/h5-8H,3-4,9,16H2,1-2H3,(H,17,18,19);1H. The van der Waals surface area contributed by atoms with Crippen LogP contribution in [0.2, 0.25) is 0 Å². The summed E-state index contributed by atoms with van der Waals surface area (Å²) < 4.78 is 0. The molecule has 1 amide bonds. The molecular weight excluding hydrogens is 306 g/mol. The fourth-order valence-corrected chi connectivity index (χ4v) is 2.86. The van der Waals surface area contributed by atoms with Crippen molar-refractivity contribution >= 4 is 34.8 Å². The highest BCUT2D eigenvalue weighted by molar-refractivity contribution is 7.16. The van der Waals surface area contributed by atoms with E-state index in [-0.39, 0.29) is 24.9 Å². The Kier molecular flexibility index (Phi) is 6.81. The average molecular weight is 326 g/mol. The van der Waals surface area contributed by atoms with Crippen molar-refractivity contribution in [3.8, 4) is 11.3 Å². The quantitative estimate of drug-likeness (QED) is 0.885. The van der Waals surface area contributed by atoms with Gasteiger partial charge < -0.3 is 11.1 Å². The summed E-state index contributed by atoms with van der Waals surface area (Å²) in [4.78, 5) is 16.8. The molecule has 2 aromatic rings. The highest BCUT2D eigenvalue weighted by Gasteiger charge is 2.11. The zero-order chi connectivity index (χ0) is 14.5. The molecule has 1 aromatic carbocycles. The van der Waals surface area contributed by atoms with E-state index in [1.165, 1.54) is 16.9 Å². The van der Waals surface area contributed by atoms with Crippen molar-refractivity contribution in [2.24, 2.45) is 5.73 Å². The molecule has 1 heterocycles. The van der Waals surface area contributed by atoms with Gasteiger partial charge in [-0.05, 0) is 18.9 Å². The van der Waals surface area contributed by atoms with E-state index in [9.17, 15) is 4.79 Å². The van der Waals surface area contributed by atoms with Gasteiger partial charge in [0.1, 0.15) is 0 Å². The van der Waals surface area contributed by atoms with E-state index in [2.05, 4.69) is 41.5 Å². The predicted octanol–water partition coefficient (Wildman–Crippen LogP) is 3.39. The molecule has 0 aliphatic carbocycles. The summed E-state index contributed by atoms with van der Waals surface area (Å²) in [5.41, 5.74) is 8.62. The molecule has 0 saturated carbocycles. The zero-order valence-electron chi connectivity index (χ0n) is 12.2. The number of aryl methyl sites for hydroxylation is 2. The van der Waals surface area contributed by atoms with Gasteiger partial charge in [-0.15, -0.1) is 23.7 Å². The number of benzene rings is 1. The maximum Gasteiger partial charge on any atom is 0.239 e. The van der Waals surface area contributed by atoms with Gasteiger partial charge in [0, 0.05) is 10.4 Å². The summed E-state index contributed by atoms with van der Waals surface area (Å²) in [6.45, 7) is 4.15. The normalized spacial score (nSPS) is 10.0. The lowest BCUT2D eigenvalue weighted by atomic mass is 10.1. The van der Waals surface area contributed by atoms with Gasteiger partial charge in [-0.2, -0.15) is 0 Å². The highest BCUT2D eigenvalue weighted by atomic mass is 35.5. The SMILES string of the molecule is CCCc1ccc(-c2nc(NC(=O)CN)sc2C)cc1.Cl. The molecule has 21 heavy (non-hydrogen) atoms. The topological polar surface area (TPSA) is 68.0 Å². The first-order valence-electron chi connectivity index (χ1n) is 6.70. The second-order valence-corrected chi connectivity index (χ2v) is 5.83. The number of aromatic nitrogens is 1. The van der Waals surface area contributed by atoms with Gasteiger partial charge in [-0.3, -0.25) is 4.79 Å². The van der Waals surface area contributed by atoms with Crippen LogP contribution in [0, 0.1) is 6.92 Å². The van der Waals surface area contributed by atoms with E-state index in [1.54, 1.807) is 0 Å². The van der Waals surface area contributed by atoms with Crippen molar-refractivity contribution in [1.29, 1.82) is 0 Å². The predicted molar refractivity (Wildman–Crippen MR) is 91.2 cm³/mol. The Labute approximate surface area is 135 Å². The van der Waals surface area contributed by atoms with Crippen LogP contribution in [0.5, 0.6) is 0 Å². The molecule has 0 aliphatic rings. The van der Waals surface area contributed by atoms with E-state index in [4.69, 9.17) is 5.73 Å². The van der Waals surface area contributed by atoms with Crippen LogP contribution >= 0.6 is 23.7 Å². The minimum Gasteiger partial charge on any atom is -0.322 e. The fraction of sp³-hybridized carbons (Fsp3) is 0.333. The Morgan fingerprint density at radius 2 is 2.00 bits per heavy atom. The maximum atomic E-state index is 11.3. The molecule has 114 valence electrons. The molecule has 0 spiro atoms. The van der Waals surface area contributed by atoms with Crippen LogP contribution in [0.3, 0.4) is 0 Å². The summed E-state index contributed by atoms with van der Waals surface area (Å²) >= 11 is 1.47. The first-order valence-corrected chi connectivity index (χ1v) is 7.52. The largest absolute Gasteiger partial charge is 0.322 e. The number of nitrogens with one attached hydrogen (secondary N) is 1. The van der Waals surface area contributed by atoms with Crippen molar-refractivity contribution in [2.45, 2.75) is 26.7 Å². The highest BCUT2D eigenvalue weighted by Crippen LogP contribution is 2.30. The number of hydrogen-bond donors (Lipinski definition) is 2. The number of anilines is 1. The van der Waals surface area contributed by atoms with Crippen LogP contribution in [0.25, 0.3) is 11.3 Å². The zero-order valence-corrected chi connectivity index (χ0v) is 13.8. The molecule has 0 aliphatic heterocycles. The maximum absolute atomic E-state index is 11.3. The molecule has 2 rings (SSSR count). The van der Waals surface area contributed by atoms with Crippen LogP contribution < -0.4 is 11.1 Å². The molecule has 6 heteroatoms. The molecule has 0 unspecified atom stereocenters. The summed E-state index contributed by atoms with van der Waals surface area (Å²) in [5, 5.41) is 3.30. The van der Waals surface area contributed by atoms with Gasteiger partial charge in [0.2, 0.25) is 5.91 Å². The van der Waals surface area contributed by atoms with Crippen LogP contribution in [-0.2, 0) is 11.2 Å². The summed E-state index contributed by atoms with van der Waals surface area (Å²) in [6, 6.07) is 8.44. The summed E-state index contributed by atoms with van der Waals surface area (Å²) in [5.74, 6) is -0.219. The molecule has 4 nitrogen and oxygen atoms in total. The number of nitrogens with two attached hydrogens (primary N) is 1. The lowest BCUT2D eigenvalue weighted by Gasteiger charge is -2.02. The first kappa shape index (κ1) is 17.6. The van der Waals surface area contributed by atoms with E-state index in [0.717, 1.165) is 29.0 Å². The number of amides is 1. The second kappa shape index (κ2) is 8.12. The molecule has 3 N–H and O–H groups in total. The lowest BCUT2D eigenvalue weighted by Crippen LogP contribution is -2.21. The number of thiazole rings is 1. The number of carbonyl (C=O) groups excluding carboxylic acids is 1. The van der Waals surface area contributed by atoms with Gasteiger partial charge >= 0.3 is 0 Å². The number of rotatable bonds is 5. The molecular formula is C15H20ClN3OS. The van der Waals surface area contributed by atoms with E-state index in [1.807, 2.05) is 6.92 Å². The number of carbonyl (C=O) groups is 1. The van der Waals surface area contributed by atoms with Crippen molar-refractivity contribution < 1.29 is 4.79 Å². The van der Waals surface area contributed by atoms with Gasteiger partial charge in [0.25, 0.3) is 0 Å². The molecule has 0 bridgehead atoms. The van der Waals surface area contributed by atoms with Crippen molar-refractivity contribution in [3.05, 3.63) is 34.7 Å². The second-order valence-electron chi connectivity index (χ2n) is 4.62. The van der Waals surface area contributed by atoms with Gasteiger partial charge in [0.05, 0.1) is 12.2 Å². The molecule has 1 aromatic heterocycles. The van der Waals surface area contributed by atoms with Crippen molar-refractivity contribution in [2.75, 3.05) is 11.9 Å². The molecule has 0 fully saturated rings. The van der Waals surface area contributed by atoms with Gasteiger partial charge in [-0.25, -0.2) is 4.98 Å². The Bertz CT molecular complexity index is 595. The number of nitrogens with zero attached hydrogens (tertiary/aromatic N) is 1. The lowest BCUT2D eigenvalue weighted by molar-refractivity contribution is -0.114. The number of hydrogen-bond acceptors (Lipinski definition) is 4. The van der Waals surface area contributed by atoms with Crippen LogP contribution in [0.4, 0.5) is 5.13 Å². The monoisotopic (exact) mass is 325 g/mol. The molecule has 0 radical (unpaired) electrons. The Morgan fingerprint density at radius 3 is 2.57 bits per heavy atom. The van der Waals surface area contributed by atoms with E-state index in [0.29, 0.717) is 5.13 Å². The first-order chi connectivity index (χ1) is 9.63. The summed E-state index contributed by atoms with van der Waals surface area (Å²) in [6.07, 6.45) is 2.23. The number of halogens is 1. The van der Waals surface area contributed by atoms with Crippen molar-refractivity contribution in [1.82, 2.24) is 4.98 Å². The van der Waals surface area contributed by atoms with Crippen LogP contribution in [-0.4, -0.2) is 17.4 Å². The smallest absolute Gasteiger partial charge is 0.239 e. The fourth-order valence-electron chi connectivity index (χ4n) is 2.01. The van der Waals surface area contributed by atoms with Gasteiger partial charge in [0.15, 0.2) is 5.13 Å². The van der Waals surface area contributed by atoms with E-state index >= 15 is 0 Å². The third-order valence-corrected chi connectivity index (χ3v) is 3.88. The Hall–Kier alpha value is -1.43. The Balaban J connectivity index is 0.00000220. The minimum absolute atomic E-state index is 0. The van der Waals surface area contributed by atoms with Gasteiger partial charge in [-0.1, -0.05) is 37.6 Å². The van der Waals surface area contributed by atoms with Crippen molar-refractivity contribution in [3.63, 3.8) is 0 Å². The summed E-state index contributed by atoms with van der Waals surface area (Å²) in [7, 11) is 0. The Morgan fingerprint density at radius 1 is 1.33 bits per heavy atom. The minimum atomic E-state index is -0.219. The van der Waals surface area contributed by atoms with Crippen LogP contribution in [0.15, 0.2) is 24.3 Å². The third-order valence-electron chi connectivity index (χ3n) is 2.99. The molecule has 0 saturated heterocycles. The third kappa shape index (κ3) is 4.52. The molecule has 0 atom stereocenters.